The van der Waals surface area contributed by atoms with Gasteiger partial charge in [0.25, 0.3) is 0 Å². The van der Waals surface area contributed by atoms with Gasteiger partial charge in [-0.05, 0) is 30.0 Å². The van der Waals surface area contributed by atoms with Gasteiger partial charge in [0, 0.05) is 26.2 Å². The van der Waals surface area contributed by atoms with Gasteiger partial charge in [0.2, 0.25) is 11.8 Å². The summed E-state index contributed by atoms with van der Waals surface area (Å²) in [7, 11) is 0. The van der Waals surface area contributed by atoms with Gasteiger partial charge >= 0.3 is 0 Å². The van der Waals surface area contributed by atoms with Crippen LogP contribution in [0.15, 0.2) is 30.5 Å². The summed E-state index contributed by atoms with van der Waals surface area (Å²) in [6.45, 7) is 3.25. The molecule has 2 aliphatic heterocycles. The number of carbonyl (C=O) groups is 2. The number of hydrogen-bond acceptors (Lipinski definition) is 2. The summed E-state index contributed by atoms with van der Waals surface area (Å²) in [5.41, 5.74) is 2.15. The molecule has 1 atom stereocenters. The van der Waals surface area contributed by atoms with Gasteiger partial charge in [-0.15, -0.1) is 0 Å². The molecule has 2 aliphatic rings. The summed E-state index contributed by atoms with van der Waals surface area (Å²) in [6, 6.07) is 7.79. The molecule has 2 amide bonds. The van der Waals surface area contributed by atoms with Crippen LogP contribution in [-0.4, -0.2) is 34.7 Å². The van der Waals surface area contributed by atoms with Crippen molar-refractivity contribution in [1.82, 2.24) is 9.80 Å². The number of benzene rings is 1. The first-order valence-corrected chi connectivity index (χ1v) is 7.50. The van der Waals surface area contributed by atoms with E-state index in [0.717, 1.165) is 37.1 Å². The summed E-state index contributed by atoms with van der Waals surface area (Å²) < 4.78 is 0. The number of nitrogens with zero attached hydrogens (tertiary/aromatic N) is 2. The second kappa shape index (κ2) is 5.72. The third-order valence-electron chi connectivity index (χ3n) is 4.30. The molecule has 0 N–H and O–H groups in total. The third-order valence-corrected chi connectivity index (χ3v) is 4.30. The van der Waals surface area contributed by atoms with E-state index < -0.39 is 0 Å². The Bertz CT molecular complexity index is 588. The fourth-order valence-corrected chi connectivity index (χ4v) is 3.17. The molecule has 1 fully saturated rings. The van der Waals surface area contributed by atoms with E-state index in [1.165, 1.54) is 0 Å². The smallest absolute Gasteiger partial charge is 0.225 e. The highest BCUT2D eigenvalue weighted by Crippen LogP contribution is 2.33. The maximum Gasteiger partial charge on any atom is 0.225 e. The lowest BCUT2D eigenvalue weighted by Gasteiger charge is -2.33. The summed E-state index contributed by atoms with van der Waals surface area (Å²) in [5.74, 6) is 0.119. The van der Waals surface area contributed by atoms with Gasteiger partial charge in [0.05, 0.1) is 12.5 Å². The van der Waals surface area contributed by atoms with Crippen molar-refractivity contribution in [2.24, 2.45) is 0 Å². The second-order valence-corrected chi connectivity index (χ2v) is 5.68. The lowest BCUT2D eigenvalue weighted by atomic mass is 9.93. The monoisotopic (exact) mass is 284 g/mol. The molecule has 110 valence electrons. The van der Waals surface area contributed by atoms with Crippen LogP contribution in [-0.2, 0) is 9.59 Å². The Balaban J connectivity index is 1.86. The Labute approximate surface area is 125 Å². The first-order chi connectivity index (χ1) is 10.2. The molecular weight excluding hydrogens is 264 g/mol. The topological polar surface area (TPSA) is 40.6 Å². The molecule has 21 heavy (non-hydrogen) atoms. The van der Waals surface area contributed by atoms with E-state index in [9.17, 15) is 9.59 Å². The van der Waals surface area contributed by atoms with E-state index in [0.29, 0.717) is 6.42 Å². The van der Waals surface area contributed by atoms with Crippen molar-refractivity contribution in [2.75, 3.05) is 13.1 Å². The minimum Gasteiger partial charge on any atom is -0.343 e. The first-order valence-electron chi connectivity index (χ1n) is 7.50. The Hall–Kier alpha value is -2.10. The number of rotatable bonds is 2. The van der Waals surface area contributed by atoms with Crippen LogP contribution in [0.2, 0.25) is 0 Å². The van der Waals surface area contributed by atoms with Gasteiger partial charge in [-0.2, -0.15) is 0 Å². The summed E-state index contributed by atoms with van der Waals surface area (Å²) in [5, 5.41) is 0. The minimum atomic E-state index is -0.184. The summed E-state index contributed by atoms with van der Waals surface area (Å²) in [6.07, 6.45) is 6.27. The summed E-state index contributed by atoms with van der Waals surface area (Å²) >= 11 is 0. The van der Waals surface area contributed by atoms with Crippen molar-refractivity contribution in [2.45, 2.75) is 32.2 Å². The molecule has 0 spiro atoms. The van der Waals surface area contributed by atoms with Crippen LogP contribution in [0.1, 0.15) is 43.4 Å². The fraction of sp³-hybridized carbons (Fsp3) is 0.412. The lowest BCUT2D eigenvalue weighted by molar-refractivity contribution is -0.133. The fourth-order valence-electron chi connectivity index (χ4n) is 3.17. The molecule has 0 aromatic heterocycles. The normalized spacial score (nSPS) is 20.5. The van der Waals surface area contributed by atoms with Crippen LogP contribution in [0.25, 0.3) is 6.08 Å². The predicted molar refractivity (Wildman–Crippen MR) is 81.2 cm³/mol. The Kier molecular flexibility index (Phi) is 3.78. The molecule has 3 rings (SSSR count). The highest BCUT2D eigenvalue weighted by molar-refractivity contribution is 5.82. The molecule has 1 aromatic rings. The van der Waals surface area contributed by atoms with Gasteiger partial charge in [-0.25, -0.2) is 0 Å². The number of amides is 2. The van der Waals surface area contributed by atoms with Crippen molar-refractivity contribution >= 4 is 17.9 Å². The van der Waals surface area contributed by atoms with Crippen LogP contribution in [0.3, 0.4) is 0 Å². The molecule has 0 aliphatic carbocycles. The average Bonchev–Trinajstić information content (AvgIpc) is 3.01. The van der Waals surface area contributed by atoms with Gasteiger partial charge in [0.15, 0.2) is 0 Å². The molecule has 1 unspecified atom stereocenters. The molecule has 0 radical (unpaired) electrons. The van der Waals surface area contributed by atoms with Crippen LogP contribution in [0.4, 0.5) is 0 Å². The van der Waals surface area contributed by atoms with Crippen molar-refractivity contribution in [3.63, 3.8) is 0 Å². The molecule has 2 heterocycles. The van der Waals surface area contributed by atoms with Crippen LogP contribution < -0.4 is 0 Å². The van der Waals surface area contributed by atoms with E-state index in [-0.39, 0.29) is 17.9 Å². The summed E-state index contributed by atoms with van der Waals surface area (Å²) in [4.78, 5) is 27.9. The third kappa shape index (κ3) is 2.71. The molecule has 0 saturated carbocycles. The molecule has 4 heteroatoms. The van der Waals surface area contributed by atoms with E-state index in [1.54, 1.807) is 18.0 Å². The van der Waals surface area contributed by atoms with E-state index >= 15 is 0 Å². The van der Waals surface area contributed by atoms with Gasteiger partial charge < -0.3 is 9.80 Å². The Morgan fingerprint density at radius 3 is 2.62 bits per heavy atom. The maximum atomic E-state index is 12.5. The largest absolute Gasteiger partial charge is 0.343 e. The van der Waals surface area contributed by atoms with Crippen molar-refractivity contribution in [3.8, 4) is 0 Å². The van der Waals surface area contributed by atoms with E-state index in [4.69, 9.17) is 0 Å². The standard InChI is InChI=1S/C17H20N2O2/c1-13(20)19-11-8-14-6-2-3-7-15(14)16(19)12-17(21)18-9-4-5-10-18/h2-3,6-8,11,16H,4-5,9-10,12H2,1H3. The van der Waals surface area contributed by atoms with Gasteiger partial charge in [-0.3, -0.25) is 9.59 Å². The number of likely N-dealkylation sites (tertiary alicyclic amines) is 1. The van der Waals surface area contributed by atoms with Crippen LogP contribution in [0.5, 0.6) is 0 Å². The van der Waals surface area contributed by atoms with Crippen molar-refractivity contribution < 1.29 is 9.59 Å². The van der Waals surface area contributed by atoms with Crippen molar-refractivity contribution in [3.05, 3.63) is 41.6 Å². The average molecular weight is 284 g/mol. The van der Waals surface area contributed by atoms with Gasteiger partial charge in [0.1, 0.15) is 0 Å². The van der Waals surface area contributed by atoms with Crippen LogP contribution in [0, 0.1) is 0 Å². The second-order valence-electron chi connectivity index (χ2n) is 5.68. The highest BCUT2D eigenvalue weighted by Gasteiger charge is 2.30. The lowest BCUT2D eigenvalue weighted by Crippen LogP contribution is -2.36. The number of hydrogen-bond donors (Lipinski definition) is 0. The van der Waals surface area contributed by atoms with Crippen molar-refractivity contribution in [1.29, 1.82) is 0 Å². The first kappa shape index (κ1) is 13.9. The Morgan fingerprint density at radius 2 is 1.90 bits per heavy atom. The SMILES string of the molecule is CC(=O)N1C=Cc2ccccc2C1CC(=O)N1CCCC1. The molecule has 1 aromatic carbocycles. The zero-order valence-corrected chi connectivity index (χ0v) is 12.3. The van der Waals surface area contributed by atoms with Crippen LogP contribution >= 0.6 is 0 Å². The zero-order valence-electron chi connectivity index (χ0n) is 12.3. The predicted octanol–water partition coefficient (Wildman–Crippen LogP) is 2.57. The van der Waals surface area contributed by atoms with E-state index in [2.05, 4.69) is 0 Å². The zero-order chi connectivity index (χ0) is 14.8. The Morgan fingerprint density at radius 1 is 1.19 bits per heavy atom. The number of fused-ring (bicyclic) bond motifs is 1. The molecule has 0 bridgehead atoms. The maximum absolute atomic E-state index is 12.5. The van der Waals surface area contributed by atoms with E-state index in [1.807, 2.05) is 35.2 Å². The molecule has 4 nitrogen and oxygen atoms in total. The van der Waals surface area contributed by atoms with Gasteiger partial charge in [-0.1, -0.05) is 24.3 Å². The molecular formula is C17H20N2O2. The highest BCUT2D eigenvalue weighted by atomic mass is 16.2. The number of carbonyl (C=O) groups excluding carboxylic acids is 2. The molecule has 1 saturated heterocycles. The quantitative estimate of drug-likeness (QED) is 0.837. The minimum absolute atomic E-state index is 0.0278.